The summed E-state index contributed by atoms with van der Waals surface area (Å²) in [7, 11) is 0. The van der Waals surface area contributed by atoms with Crippen molar-refractivity contribution in [3.8, 4) is 5.75 Å². The van der Waals surface area contributed by atoms with Crippen LogP contribution in [-0.4, -0.2) is 41.7 Å². The minimum Gasteiger partial charge on any atom is -0.491 e. The molecule has 21 heavy (non-hydrogen) atoms. The molecular weight excluding hydrogens is 280 g/mol. The van der Waals surface area contributed by atoms with Crippen LogP contribution in [0.5, 0.6) is 5.75 Å². The minimum atomic E-state index is -0.750. The molecule has 1 unspecified atom stereocenters. The third-order valence-corrected chi connectivity index (χ3v) is 3.44. The van der Waals surface area contributed by atoms with Gasteiger partial charge in [0.2, 0.25) is 5.91 Å². The highest BCUT2D eigenvalue weighted by atomic mass is 19.1. The Morgan fingerprint density at radius 2 is 2.24 bits per heavy atom. The van der Waals surface area contributed by atoms with Gasteiger partial charge in [0.15, 0.2) is 11.6 Å². The molecule has 1 aliphatic rings. The first-order chi connectivity index (χ1) is 10.1. The number of aliphatic hydroxyl groups is 1. The second kappa shape index (κ2) is 7.36. The van der Waals surface area contributed by atoms with Crippen molar-refractivity contribution < 1.29 is 23.4 Å². The number of carbonyl (C=O) groups is 1. The van der Waals surface area contributed by atoms with Crippen molar-refractivity contribution in [2.75, 3.05) is 19.7 Å². The molecule has 0 radical (unpaired) electrons. The molecule has 1 aliphatic heterocycles. The van der Waals surface area contributed by atoms with Crippen LogP contribution in [0.3, 0.4) is 0 Å². The van der Waals surface area contributed by atoms with E-state index < -0.39 is 17.7 Å². The normalized spacial score (nSPS) is 18.6. The maximum absolute atomic E-state index is 13.3. The van der Waals surface area contributed by atoms with Gasteiger partial charge in [0.1, 0.15) is 5.82 Å². The number of aliphatic hydroxyl groups excluding tert-OH is 1. The van der Waals surface area contributed by atoms with Gasteiger partial charge in [-0.15, -0.1) is 0 Å². The SMILES string of the molecule is O=C(CCCOc1ccc(F)cc1F)N1CCCC(O)C1. The molecule has 1 atom stereocenters. The van der Waals surface area contributed by atoms with Gasteiger partial charge >= 0.3 is 0 Å². The lowest BCUT2D eigenvalue weighted by atomic mass is 10.1. The van der Waals surface area contributed by atoms with Crippen LogP contribution in [0.15, 0.2) is 18.2 Å². The molecule has 1 N–H and O–H groups in total. The van der Waals surface area contributed by atoms with Crippen molar-refractivity contribution in [1.29, 1.82) is 0 Å². The second-order valence-corrected chi connectivity index (χ2v) is 5.16. The van der Waals surface area contributed by atoms with Gasteiger partial charge in [-0.2, -0.15) is 0 Å². The van der Waals surface area contributed by atoms with E-state index in [0.29, 0.717) is 19.5 Å². The Morgan fingerprint density at radius 3 is 2.95 bits per heavy atom. The highest BCUT2D eigenvalue weighted by molar-refractivity contribution is 5.76. The molecule has 0 aromatic heterocycles. The van der Waals surface area contributed by atoms with Crippen LogP contribution in [-0.2, 0) is 4.79 Å². The summed E-state index contributed by atoms with van der Waals surface area (Å²) in [6, 6.07) is 3.11. The molecule has 0 bridgehead atoms. The monoisotopic (exact) mass is 299 g/mol. The van der Waals surface area contributed by atoms with E-state index in [1.165, 1.54) is 6.07 Å². The molecule has 1 amide bonds. The largest absolute Gasteiger partial charge is 0.491 e. The number of carbonyl (C=O) groups excluding carboxylic acids is 1. The van der Waals surface area contributed by atoms with E-state index in [1.54, 1.807) is 4.90 Å². The van der Waals surface area contributed by atoms with Crippen molar-refractivity contribution in [3.63, 3.8) is 0 Å². The van der Waals surface area contributed by atoms with Crippen molar-refractivity contribution in [3.05, 3.63) is 29.8 Å². The molecule has 116 valence electrons. The second-order valence-electron chi connectivity index (χ2n) is 5.16. The molecule has 1 fully saturated rings. The number of amides is 1. The Bertz CT molecular complexity index is 496. The van der Waals surface area contributed by atoms with Gasteiger partial charge < -0.3 is 14.7 Å². The zero-order valence-corrected chi connectivity index (χ0v) is 11.7. The highest BCUT2D eigenvalue weighted by Gasteiger charge is 2.21. The summed E-state index contributed by atoms with van der Waals surface area (Å²) in [5.74, 6) is -1.45. The number of rotatable bonds is 5. The highest BCUT2D eigenvalue weighted by Crippen LogP contribution is 2.18. The van der Waals surface area contributed by atoms with E-state index >= 15 is 0 Å². The Balaban J connectivity index is 1.70. The van der Waals surface area contributed by atoms with Crippen LogP contribution in [0, 0.1) is 11.6 Å². The van der Waals surface area contributed by atoms with Gasteiger partial charge in [-0.3, -0.25) is 4.79 Å². The van der Waals surface area contributed by atoms with Crippen molar-refractivity contribution in [2.45, 2.75) is 31.8 Å². The smallest absolute Gasteiger partial charge is 0.222 e. The quantitative estimate of drug-likeness (QED) is 0.847. The summed E-state index contributed by atoms with van der Waals surface area (Å²) in [6.07, 6.45) is 1.84. The van der Waals surface area contributed by atoms with E-state index in [9.17, 15) is 18.7 Å². The van der Waals surface area contributed by atoms with Crippen molar-refractivity contribution >= 4 is 5.91 Å². The van der Waals surface area contributed by atoms with Gasteiger partial charge in [-0.25, -0.2) is 8.78 Å². The van der Waals surface area contributed by atoms with Crippen LogP contribution in [0.25, 0.3) is 0 Å². The number of halogens is 2. The van der Waals surface area contributed by atoms with E-state index in [4.69, 9.17) is 4.74 Å². The predicted octanol–water partition coefficient (Wildman–Crippen LogP) is 2.11. The van der Waals surface area contributed by atoms with Gasteiger partial charge in [-0.05, 0) is 31.4 Å². The lowest BCUT2D eigenvalue weighted by Crippen LogP contribution is -2.42. The van der Waals surface area contributed by atoms with E-state index in [2.05, 4.69) is 0 Å². The molecule has 1 saturated heterocycles. The molecule has 0 aliphatic carbocycles. The number of ether oxygens (including phenoxy) is 1. The third-order valence-electron chi connectivity index (χ3n) is 3.44. The molecule has 0 saturated carbocycles. The van der Waals surface area contributed by atoms with Crippen molar-refractivity contribution in [1.82, 2.24) is 4.90 Å². The number of hydrogen-bond donors (Lipinski definition) is 1. The van der Waals surface area contributed by atoms with Crippen LogP contribution >= 0.6 is 0 Å². The third kappa shape index (κ3) is 4.67. The molecule has 6 heteroatoms. The standard InChI is InChI=1S/C15H19F2NO3/c16-11-5-6-14(13(17)9-11)21-8-2-4-15(20)18-7-1-3-12(19)10-18/h5-6,9,12,19H,1-4,7-8,10H2. The van der Waals surface area contributed by atoms with Crippen LogP contribution < -0.4 is 4.74 Å². The Hall–Kier alpha value is -1.69. The molecule has 4 nitrogen and oxygen atoms in total. The molecule has 2 rings (SSSR count). The average Bonchev–Trinajstić information content (AvgIpc) is 2.45. The average molecular weight is 299 g/mol. The van der Waals surface area contributed by atoms with Gasteiger partial charge in [0.25, 0.3) is 0 Å². The Morgan fingerprint density at radius 1 is 1.43 bits per heavy atom. The summed E-state index contributed by atoms with van der Waals surface area (Å²) < 4.78 is 31.2. The lowest BCUT2D eigenvalue weighted by molar-refractivity contribution is -0.134. The zero-order chi connectivity index (χ0) is 15.2. The van der Waals surface area contributed by atoms with Gasteiger partial charge in [0, 0.05) is 25.6 Å². The number of hydrogen-bond acceptors (Lipinski definition) is 3. The minimum absolute atomic E-state index is 0.0164. The lowest BCUT2D eigenvalue weighted by Gasteiger charge is -2.30. The maximum Gasteiger partial charge on any atom is 0.222 e. The molecule has 1 heterocycles. The number of β-amino-alcohol motifs (C(OH)–C–C–N with tert-alkyl or cyclic N) is 1. The van der Waals surface area contributed by atoms with Crippen LogP contribution in [0.4, 0.5) is 8.78 Å². The Labute approximate surface area is 122 Å². The first kappa shape index (κ1) is 15.7. The summed E-state index contributed by atoms with van der Waals surface area (Å²) in [6.45, 7) is 1.24. The molecular formula is C15H19F2NO3. The first-order valence-corrected chi connectivity index (χ1v) is 7.10. The molecule has 1 aromatic rings. The number of piperidine rings is 1. The van der Waals surface area contributed by atoms with Gasteiger partial charge in [0.05, 0.1) is 12.7 Å². The van der Waals surface area contributed by atoms with Gasteiger partial charge in [-0.1, -0.05) is 0 Å². The van der Waals surface area contributed by atoms with E-state index in [-0.39, 0.29) is 24.7 Å². The number of likely N-dealkylation sites (tertiary alicyclic amines) is 1. The first-order valence-electron chi connectivity index (χ1n) is 7.10. The number of nitrogens with zero attached hydrogens (tertiary/aromatic N) is 1. The van der Waals surface area contributed by atoms with Crippen LogP contribution in [0.1, 0.15) is 25.7 Å². The fraction of sp³-hybridized carbons (Fsp3) is 0.533. The van der Waals surface area contributed by atoms with E-state index in [0.717, 1.165) is 25.0 Å². The van der Waals surface area contributed by atoms with Crippen molar-refractivity contribution in [2.24, 2.45) is 0 Å². The summed E-state index contributed by atoms with van der Waals surface area (Å²) in [5, 5.41) is 9.51. The number of benzene rings is 1. The summed E-state index contributed by atoms with van der Waals surface area (Å²) >= 11 is 0. The zero-order valence-electron chi connectivity index (χ0n) is 11.7. The predicted molar refractivity (Wildman–Crippen MR) is 72.9 cm³/mol. The fourth-order valence-electron chi connectivity index (χ4n) is 2.34. The van der Waals surface area contributed by atoms with Crippen LogP contribution in [0.2, 0.25) is 0 Å². The molecule has 0 spiro atoms. The maximum atomic E-state index is 13.3. The molecule has 1 aromatic carbocycles. The van der Waals surface area contributed by atoms with E-state index in [1.807, 2.05) is 0 Å². The fourth-order valence-corrected chi connectivity index (χ4v) is 2.34. The topological polar surface area (TPSA) is 49.8 Å². The summed E-state index contributed by atoms with van der Waals surface area (Å²) in [4.78, 5) is 13.5. The Kier molecular flexibility index (Phi) is 5.50. The summed E-state index contributed by atoms with van der Waals surface area (Å²) in [5.41, 5.74) is 0.